The first-order valence-electron chi connectivity index (χ1n) is 5.87. The van der Waals surface area contributed by atoms with Crippen molar-refractivity contribution in [2.75, 3.05) is 30.8 Å². The van der Waals surface area contributed by atoms with Crippen LogP contribution in [0, 0.1) is 0 Å². The molecule has 108 valence electrons. The fourth-order valence-electron chi connectivity index (χ4n) is 1.49. The first-order valence-corrected chi connectivity index (χ1v) is 5.87. The molecule has 0 aliphatic rings. The Morgan fingerprint density at radius 2 is 2.05 bits per heavy atom. The van der Waals surface area contributed by atoms with E-state index in [0.29, 0.717) is 18.8 Å². The Bertz CT molecular complexity index is 421. The third-order valence-corrected chi connectivity index (χ3v) is 2.49. The Kier molecular flexibility index (Phi) is 4.99. The van der Waals surface area contributed by atoms with E-state index in [0.717, 1.165) is 12.3 Å². The number of likely N-dealkylation sites (N-methyl/N-ethyl adjacent to an activating group) is 1. The summed E-state index contributed by atoms with van der Waals surface area (Å²) in [5.41, 5.74) is 5.21. The number of nitrogen functional groups attached to an aromatic ring is 1. The monoisotopic (exact) mass is 277 g/mol. The summed E-state index contributed by atoms with van der Waals surface area (Å²) in [7, 11) is 1.66. The number of nitrogens with zero attached hydrogens (tertiary/aromatic N) is 2. The van der Waals surface area contributed by atoms with E-state index >= 15 is 0 Å². The fourth-order valence-corrected chi connectivity index (χ4v) is 1.49. The Morgan fingerprint density at radius 1 is 1.42 bits per heavy atom. The van der Waals surface area contributed by atoms with Gasteiger partial charge in [0.1, 0.15) is 5.69 Å². The molecule has 0 unspecified atom stereocenters. The van der Waals surface area contributed by atoms with Crippen LogP contribution < -0.4 is 10.6 Å². The highest BCUT2D eigenvalue weighted by Gasteiger charge is 2.33. The molecule has 0 atom stereocenters. The van der Waals surface area contributed by atoms with Gasteiger partial charge < -0.3 is 15.4 Å². The number of hydrogen-bond acceptors (Lipinski definition) is 4. The van der Waals surface area contributed by atoms with Gasteiger partial charge in [-0.3, -0.25) is 0 Å². The lowest BCUT2D eigenvalue weighted by Crippen LogP contribution is -2.25. The third kappa shape index (κ3) is 4.59. The highest BCUT2D eigenvalue weighted by molar-refractivity contribution is 5.66. The molecule has 1 heterocycles. The number of aromatic nitrogens is 1. The molecule has 4 nitrogen and oxygen atoms in total. The van der Waals surface area contributed by atoms with E-state index in [1.165, 1.54) is 0 Å². The first kappa shape index (κ1) is 15.6. The largest absolute Gasteiger partial charge is 0.433 e. The molecule has 19 heavy (non-hydrogen) atoms. The number of anilines is 2. The molecule has 7 heteroatoms. The Balaban J connectivity index is 2.81. The minimum Gasteiger partial charge on any atom is -0.396 e. The van der Waals surface area contributed by atoms with Crippen molar-refractivity contribution in [3.05, 3.63) is 18.0 Å². The summed E-state index contributed by atoms with van der Waals surface area (Å²) in [6.45, 7) is 4.64. The second-order valence-electron chi connectivity index (χ2n) is 4.47. The highest BCUT2D eigenvalue weighted by Crippen LogP contribution is 2.32. The van der Waals surface area contributed by atoms with Gasteiger partial charge in [0.15, 0.2) is 0 Å². The van der Waals surface area contributed by atoms with Crippen LogP contribution in [0.3, 0.4) is 0 Å². The molecule has 0 saturated heterocycles. The van der Waals surface area contributed by atoms with E-state index < -0.39 is 11.9 Å². The topological polar surface area (TPSA) is 51.4 Å². The van der Waals surface area contributed by atoms with E-state index in [4.69, 9.17) is 10.5 Å². The number of hydrogen-bond donors (Lipinski definition) is 1. The van der Waals surface area contributed by atoms with E-state index in [1.54, 1.807) is 11.9 Å². The molecule has 0 bridgehead atoms. The molecule has 0 aromatic carbocycles. The molecule has 0 radical (unpaired) electrons. The maximum Gasteiger partial charge on any atom is 0.433 e. The fraction of sp³-hybridized carbons (Fsp3) is 0.583. The Labute approximate surface area is 110 Å². The van der Waals surface area contributed by atoms with E-state index in [9.17, 15) is 13.2 Å². The third-order valence-electron chi connectivity index (χ3n) is 2.49. The van der Waals surface area contributed by atoms with Crippen LogP contribution in [0.4, 0.5) is 24.5 Å². The lowest BCUT2D eigenvalue weighted by atomic mass is 10.2. The lowest BCUT2D eigenvalue weighted by Gasteiger charge is -2.22. The standard InChI is InChI=1S/C12H18F3N3O/c1-8(2)19-5-4-18(3)10-6-11(12(13,14)15)17-7-9(10)16/h6-8H,4-5,16H2,1-3H3. The minimum atomic E-state index is -4.47. The van der Waals surface area contributed by atoms with Gasteiger partial charge in [-0.2, -0.15) is 13.2 Å². The van der Waals surface area contributed by atoms with Crippen LogP contribution in [-0.2, 0) is 10.9 Å². The summed E-state index contributed by atoms with van der Waals surface area (Å²) in [6.07, 6.45) is -3.37. The quantitative estimate of drug-likeness (QED) is 0.898. The van der Waals surface area contributed by atoms with Crippen molar-refractivity contribution in [3.63, 3.8) is 0 Å². The van der Waals surface area contributed by atoms with Crippen molar-refractivity contribution in [2.24, 2.45) is 0 Å². The summed E-state index contributed by atoms with van der Waals surface area (Å²) >= 11 is 0. The van der Waals surface area contributed by atoms with Gasteiger partial charge in [0.2, 0.25) is 0 Å². The molecule has 1 aromatic rings. The minimum absolute atomic E-state index is 0.0777. The van der Waals surface area contributed by atoms with Crippen molar-refractivity contribution >= 4 is 11.4 Å². The molecule has 0 saturated carbocycles. The zero-order valence-electron chi connectivity index (χ0n) is 11.2. The first-order chi connectivity index (χ1) is 8.71. The van der Waals surface area contributed by atoms with Gasteiger partial charge in [-0.05, 0) is 19.9 Å². The van der Waals surface area contributed by atoms with Gasteiger partial charge in [-0.25, -0.2) is 4.98 Å². The molecular weight excluding hydrogens is 259 g/mol. The molecule has 0 spiro atoms. The average Bonchev–Trinajstić information content (AvgIpc) is 2.27. The molecule has 0 aliphatic carbocycles. The normalized spacial score (nSPS) is 11.9. The Morgan fingerprint density at radius 3 is 2.58 bits per heavy atom. The molecule has 2 N–H and O–H groups in total. The predicted octanol–water partition coefficient (Wildman–Crippen LogP) is 2.54. The van der Waals surface area contributed by atoms with Crippen LogP contribution >= 0.6 is 0 Å². The smallest absolute Gasteiger partial charge is 0.396 e. The van der Waals surface area contributed by atoms with E-state index in [2.05, 4.69) is 4.98 Å². The van der Waals surface area contributed by atoms with Crippen LogP contribution in [-0.4, -0.2) is 31.3 Å². The molecule has 0 aliphatic heterocycles. The van der Waals surface area contributed by atoms with Gasteiger partial charge in [-0.15, -0.1) is 0 Å². The zero-order chi connectivity index (χ0) is 14.6. The summed E-state index contributed by atoms with van der Waals surface area (Å²) < 4.78 is 43.1. The maximum atomic E-state index is 12.6. The van der Waals surface area contributed by atoms with Crippen LogP contribution in [0.2, 0.25) is 0 Å². The SMILES string of the molecule is CC(C)OCCN(C)c1cc(C(F)(F)F)ncc1N. The number of rotatable bonds is 5. The van der Waals surface area contributed by atoms with Gasteiger partial charge in [0, 0.05) is 13.6 Å². The average molecular weight is 277 g/mol. The highest BCUT2D eigenvalue weighted by atomic mass is 19.4. The van der Waals surface area contributed by atoms with Gasteiger partial charge in [0.05, 0.1) is 30.3 Å². The van der Waals surface area contributed by atoms with Crippen molar-refractivity contribution < 1.29 is 17.9 Å². The zero-order valence-corrected chi connectivity index (χ0v) is 11.2. The number of alkyl halides is 3. The number of nitrogens with two attached hydrogens (primary N) is 1. The lowest BCUT2D eigenvalue weighted by molar-refractivity contribution is -0.141. The van der Waals surface area contributed by atoms with Crippen LogP contribution in [0.5, 0.6) is 0 Å². The molecule has 1 aromatic heterocycles. The Hall–Kier alpha value is -1.50. The van der Waals surface area contributed by atoms with Crippen LogP contribution in [0.1, 0.15) is 19.5 Å². The summed E-state index contributed by atoms with van der Waals surface area (Å²) in [6, 6.07) is 0.949. The van der Waals surface area contributed by atoms with Crippen LogP contribution in [0.25, 0.3) is 0 Å². The number of halogens is 3. The van der Waals surface area contributed by atoms with E-state index in [-0.39, 0.29) is 11.8 Å². The van der Waals surface area contributed by atoms with Crippen molar-refractivity contribution in [2.45, 2.75) is 26.1 Å². The van der Waals surface area contributed by atoms with Gasteiger partial charge >= 0.3 is 6.18 Å². The van der Waals surface area contributed by atoms with Gasteiger partial charge in [-0.1, -0.05) is 0 Å². The molecule has 0 amide bonds. The summed E-state index contributed by atoms with van der Waals surface area (Å²) in [4.78, 5) is 4.91. The van der Waals surface area contributed by atoms with Crippen molar-refractivity contribution in [3.8, 4) is 0 Å². The second kappa shape index (κ2) is 6.10. The van der Waals surface area contributed by atoms with Gasteiger partial charge in [0.25, 0.3) is 0 Å². The van der Waals surface area contributed by atoms with E-state index in [1.807, 2.05) is 13.8 Å². The number of pyridine rings is 1. The van der Waals surface area contributed by atoms with Crippen molar-refractivity contribution in [1.29, 1.82) is 0 Å². The van der Waals surface area contributed by atoms with Crippen molar-refractivity contribution in [1.82, 2.24) is 4.98 Å². The predicted molar refractivity (Wildman–Crippen MR) is 68.0 cm³/mol. The molecule has 1 rings (SSSR count). The second-order valence-corrected chi connectivity index (χ2v) is 4.47. The summed E-state index contributed by atoms with van der Waals surface area (Å²) in [5, 5.41) is 0. The number of ether oxygens (including phenoxy) is 1. The molecule has 0 fully saturated rings. The maximum absolute atomic E-state index is 12.6. The molecular formula is C12H18F3N3O. The van der Waals surface area contributed by atoms with Crippen LogP contribution in [0.15, 0.2) is 12.3 Å². The summed E-state index contributed by atoms with van der Waals surface area (Å²) in [5.74, 6) is 0.